The molecule has 4 heteroatoms. The molecule has 0 spiro atoms. The van der Waals surface area contributed by atoms with Crippen molar-refractivity contribution in [3.8, 4) is 5.75 Å². The van der Waals surface area contributed by atoms with E-state index in [1.165, 1.54) is 0 Å². The fraction of sp³-hybridized carbons (Fsp3) is 0.400. The summed E-state index contributed by atoms with van der Waals surface area (Å²) in [6.45, 7) is 4.45. The van der Waals surface area contributed by atoms with E-state index in [1.54, 1.807) is 11.7 Å². The largest absolute Gasteiger partial charge is 0.497 e. The van der Waals surface area contributed by atoms with Gasteiger partial charge in [-0.2, -0.15) is 0 Å². The van der Waals surface area contributed by atoms with E-state index >= 15 is 0 Å². The van der Waals surface area contributed by atoms with Gasteiger partial charge in [0.05, 0.1) is 12.6 Å². The van der Waals surface area contributed by atoms with Gasteiger partial charge in [-0.3, -0.25) is 4.79 Å². The predicted octanol–water partition coefficient (Wildman–Crippen LogP) is 1.67. The van der Waals surface area contributed by atoms with Crippen LogP contribution >= 0.6 is 0 Å². The summed E-state index contributed by atoms with van der Waals surface area (Å²) in [5, 5.41) is 1.06. The number of fused-ring (bicyclic) bond motifs is 1. The summed E-state index contributed by atoms with van der Waals surface area (Å²) >= 11 is 0. The van der Waals surface area contributed by atoms with Gasteiger partial charge in [-0.1, -0.05) is 0 Å². The van der Waals surface area contributed by atoms with Gasteiger partial charge >= 0.3 is 0 Å². The summed E-state index contributed by atoms with van der Waals surface area (Å²) in [4.78, 5) is 12.4. The number of nitrogens with zero attached hydrogens (tertiary/aromatic N) is 1. The van der Waals surface area contributed by atoms with Crippen molar-refractivity contribution < 1.29 is 4.74 Å². The lowest BCUT2D eigenvalue weighted by Crippen LogP contribution is -2.25. The Bertz CT molecular complexity index is 687. The highest BCUT2D eigenvalue weighted by atomic mass is 16.5. The first kappa shape index (κ1) is 13.6. The lowest BCUT2D eigenvalue weighted by atomic mass is 9.99. The molecule has 1 aromatic heterocycles. The van der Waals surface area contributed by atoms with Crippen LogP contribution in [0.2, 0.25) is 0 Å². The minimum Gasteiger partial charge on any atom is -0.497 e. The lowest BCUT2D eigenvalue weighted by molar-refractivity contribution is 0.415. The van der Waals surface area contributed by atoms with Crippen LogP contribution in [0.4, 0.5) is 0 Å². The molecule has 0 radical (unpaired) electrons. The minimum atomic E-state index is 0.0451. The van der Waals surface area contributed by atoms with Crippen molar-refractivity contribution in [1.82, 2.24) is 4.57 Å². The van der Waals surface area contributed by atoms with E-state index in [9.17, 15) is 4.79 Å². The maximum Gasteiger partial charge on any atom is 0.254 e. The SMILES string of the molecule is COc1cc(C)c2c(c1)c(C)c(CCN)c(=O)n2C. The van der Waals surface area contributed by atoms with Gasteiger partial charge in [0.15, 0.2) is 0 Å². The van der Waals surface area contributed by atoms with E-state index in [0.717, 1.165) is 33.3 Å². The summed E-state index contributed by atoms with van der Waals surface area (Å²) in [6.07, 6.45) is 0.602. The zero-order chi connectivity index (χ0) is 14.2. The van der Waals surface area contributed by atoms with Gasteiger partial charge in [-0.05, 0) is 50.1 Å². The number of methoxy groups -OCH3 is 1. The second-order valence-corrected chi connectivity index (χ2v) is 4.85. The zero-order valence-corrected chi connectivity index (χ0v) is 11.9. The van der Waals surface area contributed by atoms with Crippen LogP contribution in [0.25, 0.3) is 10.9 Å². The smallest absolute Gasteiger partial charge is 0.254 e. The maximum absolute atomic E-state index is 12.4. The molecule has 2 aromatic rings. The van der Waals surface area contributed by atoms with Crippen LogP contribution in [0.3, 0.4) is 0 Å². The van der Waals surface area contributed by atoms with E-state index in [1.807, 2.05) is 33.0 Å². The van der Waals surface area contributed by atoms with Crippen molar-refractivity contribution in [2.75, 3.05) is 13.7 Å². The minimum absolute atomic E-state index is 0.0451. The molecule has 0 amide bonds. The number of nitrogens with two attached hydrogens (primary N) is 1. The van der Waals surface area contributed by atoms with Crippen LogP contribution in [0, 0.1) is 13.8 Å². The molecule has 0 aliphatic heterocycles. The highest BCUT2D eigenvalue weighted by Gasteiger charge is 2.14. The molecule has 0 aliphatic carbocycles. The first-order valence-corrected chi connectivity index (χ1v) is 6.38. The lowest BCUT2D eigenvalue weighted by Gasteiger charge is -2.15. The molecule has 4 nitrogen and oxygen atoms in total. The van der Waals surface area contributed by atoms with Crippen molar-refractivity contribution in [2.24, 2.45) is 12.8 Å². The first-order chi connectivity index (χ1) is 9.01. The quantitative estimate of drug-likeness (QED) is 0.913. The number of benzene rings is 1. The number of aromatic nitrogens is 1. The summed E-state index contributed by atoms with van der Waals surface area (Å²) < 4.78 is 7.03. The summed E-state index contributed by atoms with van der Waals surface area (Å²) in [7, 11) is 3.46. The first-order valence-electron chi connectivity index (χ1n) is 6.38. The fourth-order valence-corrected chi connectivity index (χ4v) is 2.66. The van der Waals surface area contributed by atoms with Crippen LogP contribution < -0.4 is 16.0 Å². The molecule has 0 saturated carbocycles. The van der Waals surface area contributed by atoms with E-state index in [2.05, 4.69) is 0 Å². The second-order valence-electron chi connectivity index (χ2n) is 4.85. The maximum atomic E-state index is 12.4. The van der Waals surface area contributed by atoms with Crippen LogP contribution in [0.1, 0.15) is 16.7 Å². The molecule has 0 unspecified atom stereocenters. The average Bonchev–Trinajstić information content (AvgIpc) is 2.40. The molecule has 0 bridgehead atoms. The normalized spacial score (nSPS) is 11.0. The molecule has 0 fully saturated rings. The molecular formula is C15H20N2O2. The number of aryl methyl sites for hydroxylation is 3. The average molecular weight is 260 g/mol. The Kier molecular flexibility index (Phi) is 3.62. The molecule has 2 rings (SSSR count). The van der Waals surface area contributed by atoms with Crippen LogP contribution in [0.15, 0.2) is 16.9 Å². The van der Waals surface area contributed by atoms with Crippen LogP contribution in [0.5, 0.6) is 5.75 Å². The van der Waals surface area contributed by atoms with Gasteiger partial charge in [-0.15, -0.1) is 0 Å². The Morgan fingerprint density at radius 2 is 2.00 bits per heavy atom. The van der Waals surface area contributed by atoms with Crippen molar-refractivity contribution in [1.29, 1.82) is 0 Å². The molecule has 19 heavy (non-hydrogen) atoms. The Labute approximate surface area is 112 Å². The van der Waals surface area contributed by atoms with Gasteiger partial charge in [0.1, 0.15) is 5.75 Å². The Hall–Kier alpha value is -1.81. The molecule has 102 valence electrons. The van der Waals surface area contributed by atoms with Gasteiger partial charge in [0.25, 0.3) is 5.56 Å². The Balaban J connectivity index is 2.94. The third-order valence-electron chi connectivity index (χ3n) is 3.66. The van der Waals surface area contributed by atoms with E-state index in [0.29, 0.717) is 13.0 Å². The number of rotatable bonds is 3. The van der Waals surface area contributed by atoms with Crippen LogP contribution in [-0.4, -0.2) is 18.2 Å². The van der Waals surface area contributed by atoms with Crippen molar-refractivity contribution >= 4 is 10.9 Å². The Morgan fingerprint density at radius 1 is 1.32 bits per heavy atom. The fourth-order valence-electron chi connectivity index (χ4n) is 2.66. The topological polar surface area (TPSA) is 57.2 Å². The summed E-state index contributed by atoms with van der Waals surface area (Å²) in [6, 6.07) is 3.93. The highest BCUT2D eigenvalue weighted by Crippen LogP contribution is 2.27. The summed E-state index contributed by atoms with van der Waals surface area (Å²) in [5.74, 6) is 0.811. The summed E-state index contributed by atoms with van der Waals surface area (Å²) in [5.41, 5.74) is 9.45. The molecule has 0 saturated heterocycles. The van der Waals surface area contributed by atoms with Gasteiger partial charge in [-0.25, -0.2) is 0 Å². The molecule has 0 atom stereocenters. The van der Waals surface area contributed by atoms with Crippen molar-refractivity contribution in [2.45, 2.75) is 20.3 Å². The van der Waals surface area contributed by atoms with Gasteiger partial charge in [0, 0.05) is 18.0 Å². The molecule has 2 N–H and O–H groups in total. The second kappa shape index (κ2) is 5.05. The Morgan fingerprint density at radius 3 is 2.58 bits per heavy atom. The third kappa shape index (κ3) is 2.12. The standard InChI is InChI=1S/C15H20N2O2/c1-9-7-11(19-4)8-13-10(2)12(5-6-16)15(18)17(3)14(9)13/h7-8H,5-6,16H2,1-4H3. The number of hydrogen-bond acceptors (Lipinski definition) is 3. The molecule has 0 aliphatic rings. The molecule has 1 heterocycles. The van der Waals surface area contributed by atoms with Crippen LogP contribution in [-0.2, 0) is 13.5 Å². The highest BCUT2D eigenvalue weighted by molar-refractivity contribution is 5.87. The number of hydrogen-bond donors (Lipinski definition) is 1. The number of ether oxygens (including phenoxy) is 1. The van der Waals surface area contributed by atoms with Gasteiger partial charge < -0.3 is 15.0 Å². The van der Waals surface area contributed by atoms with Crippen molar-refractivity contribution in [3.63, 3.8) is 0 Å². The van der Waals surface area contributed by atoms with E-state index in [-0.39, 0.29) is 5.56 Å². The van der Waals surface area contributed by atoms with Crippen molar-refractivity contribution in [3.05, 3.63) is 39.2 Å². The van der Waals surface area contributed by atoms with E-state index in [4.69, 9.17) is 10.5 Å². The monoisotopic (exact) mass is 260 g/mol. The predicted molar refractivity (Wildman–Crippen MR) is 78.0 cm³/mol. The zero-order valence-electron chi connectivity index (χ0n) is 11.9. The molecule has 1 aromatic carbocycles. The molecular weight excluding hydrogens is 240 g/mol. The third-order valence-corrected chi connectivity index (χ3v) is 3.66. The number of pyridine rings is 1. The van der Waals surface area contributed by atoms with E-state index < -0.39 is 0 Å². The van der Waals surface area contributed by atoms with Gasteiger partial charge in [0.2, 0.25) is 0 Å².